The van der Waals surface area contributed by atoms with E-state index in [0.717, 1.165) is 61.9 Å². The smallest absolute Gasteiger partial charge is 0.416 e. The third-order valence-electron chi connectivity index (χ3n) is 11.1. The summed E-state index contributed by atoms with van der Waals surface area (Å²) in [6.07, 6.45) is -4.39. The summed E-state index contributed by atoms with van der Waals surface area (Å²) in [7, 11) is 0. The lowest BCUT2D eigenvalue weighted by atomic mass is 9.66. The van der Waals surface area contributed by atoms with Crippen LogP contribution in [0.15, 0.2) is 66.7 Å². The van der Waals surface area contributed by atoms with Gasteiger partial charge >= 0.3 is 12.4 Å². The Labute approximate surface area is 293 Å². The molecule has 7 rings (SSSR count). The van der Waals surface area contributed by atoms with E-state index < -0.39 is 28.9 Å². The molecule has 0 radical (unpaired) electrons. The molecule has 0 aromatic heterocycles. The van der Waals surface area contributed by atoms with E-state index in [1.54, 1.807) is 12.1 Å². The van der Waals surface area contributed by atoms with Crippen LogP contribution in [0.25, 0.3) is 0 Å². The predicted octanol–water partition coefficient (Wildman–Crippen LogP) is 6.83. The molecule has 0 saturated carbocycles. The summed E-state index contributed by atoms with van der Waals surface area (Å²) in [4.78, 5) is 14.6. The lowest BCUT2D eigenvalue weighted by molar-refractivity contribution is -0.943. The molecule has 1 atom stereocenters. The lowest BCUT2D eigenvalue weighted by Crippen LogP contribution is -3.00. The Hall–Kier alpha value is -2.46. The van der Waals surface area contributed by atoms with Crippen molar-refractivity contribution in [3.8, 4) is 0 Å². The maximum absolute atomic E-state index is 13.6. The largest absolute Gasteiger partial charge is 1.00 e. The number of quaternary nitrogens is 1. The average Bonchev–Trinajstić information content (AvgIpc) is 3.04. The molecular formula is C36H37Cl3F6N2O. The first-order valence-corrected chi connectivity index (χ1v) is 16.8. The van der Waals surface area contributed by atoms with E-state index >= 15 is 0 Å². The second-order valence-corrected chi connectivity index (χ2v) is 14.6. The molecule has 0 N–H and O–H groups in total. The zero-order chi connectivity index (χ0) is 33.7. The van der Waals surface area contributed by atoms with Crippen molar-refractivity contribution in [3.63, 3.8) is 0 Å². The van der Waals surface area contributed by atoms with Gasteiger partial charge in [-0.2, -0.15) is 26.3 Å². The van der Waals surface area contributed by atoms with Gasteiger partial charge in [-0.25, -0.2) is 0 Å². The molecular weight excluding hydrogens is 697 g/mol. The number of alkyl halides is 6. The first-order chi connectivity index (χ1) is 22.1. The minimum absolute atomic E-state index is 0. The van der Waals surface area contributed by atoms with Crippen LogP contribution in [0.4, 0.5) is 26.3 Å². The standard InChI is InChI=1S/C36H37Cl2F6N2O.ClH/c37-30-8-7-27(22-31(30)38)34(10-4-15-46-16-12-33(13-17-46,14-18-46)26-5-2-1-3-6-26)11-9-32(47)45(24-34)23-25-19-28(35(39,40)41)21-29(20-25)36(42,43)44;/h1-3,5-8,19-22H,4,9-18,23-24H2;1H/q+1;/p-1. The highest BCUT2D eigenvalue weighted by Gasteiger charge is 2.50. The van der Waals surface area contributed by atoms with Gasteiger partial charge in [-0.05, 0) is 66.3 Å². The molecule has 4 heterocycles. The highest BCUT2D eigenvalue weighted by Crippen LogP contribution is 2.47. The van der Waals surface area contributed by atoms with Crippen molar-refractivity contribution in [2.24, 2.45) is 0 Å². The van der Waals surface area contributed by atoms with E-state index in [1.807, 2.05) is 6.07 Å². The Bertz CT molecular complexity index is 1570. The predicted molar refractivity (Wildman–Crippen MR) is 170 cm³/mol. The van der Waals surface area contributed by atoms with Crippen molar-refractivity contribution < 1.29 is 48.0 Å². The van der Waals surface area contributed by atoms with Gasteiger partial charge in [-0.1, -0.05) is 59.6 Å². The molecule has 3 aromatic rings. The molecule has 1 unspecified atom stereocenters. The van der Waals surface area contributed by atoms with Gasteiger partial charge in [0.05, 0.1) is 47.4 Å². The number of likely N-dealkylation sites (tertiary alicyclic amines) is 1. The second-order valence-electron chi connectivity index (χ2n) is 13.8. The molecule has 48 heavy (non-hydrogen) atoms. The lowest BCUT2D eigenvalue weighted by Gasteiger charge is -2.55. The topological polar surface area (TPSA) is 20.3 Å². The van der Waals surface area contributed by atoms with Crippen molar-refractivity contribution >= 4 is 29.1 Å². The number of carbonyl (C=O) groups excluding carboxylic acids is 1. The van der Waals surface area contributed by atoms with Crippen LogP contribution < -0.4 is 12.4 Å². The molecule has 4 aliphatic heterocycles. The first kappa shape index (κ1) is 36.8. The summed E-state index contributed by atoms with van der Waals surface area (Å²) in [6.45, 7) is 4.03. The van der Waals surface area contributed by atoms with Crippen LogP contribution in [0.2, 0.25) is 10.0 Å². The monoisotopic (exact) mass is 732 g/mol. The Morgan fingerprint density at radius 3 is 1.92 bits per heavy atom. The SMILES string of the molecule is O=C1CCC(CCC[N+]23CCC(c4ccccc4)(CC2)CC3)(c2ccc(Cl)c(Cl)c2)CN1Cc1cc(C(F)(F)F)cc(C(F)(F)F)c1.[Cl-]. The van der Waals surface area contributed by atoms with E-state index in [2.05, 4.69) is 30.3 Å². The fourth-order valence-electron chi connectivity index (χ4n) is 8.30. The fourth-order valence-corrected chi connectivity index (χ4v) is 8.60. The average molecular weight is 734 g/mol. The third kappa shape index (κ3) is 7.49. The molecule has 260 valence electrons. The summed E-state index contributed by atoms with van der Waals surface area (Å²) in [5, 5.41) is 0.727. The van der Waals surface area contributed by atoms with Crippen molar-refractivity contribution in [2.75, 3.05) is 32.7 Å². The van der Waals surface area contributed by atoms with E-state index in [1.165, 1.54) is 10.5 Å². The number of benzene rings is 3. The number of fused-ring (bicyclic) bond motifs is 3. The Kier molecular flexibility index (Phi) is 10.5. The van der Waals surface area contributed by atoms with Gasteiger partial charge in [0.15, 0.2) is 0 Å². The van der Waals surface area contributed by atoms with E-state index in [9.17, 15) is 31.1 Å². The summed E-state index contributed by atoms with van der Waals surface area (Å²) in [5.41, 5.74) is -1.06. The summed E-state index contributed by atoms with van der Waals surface area (Å²) in [5.74, 6) is -0.308. The number of piperidine rings is 4. The molecule has 0 spiro atoms. The summed E-state index contributed by atoms with van der Waals surface area (Å²) < 4.78 is 82.6. The third-order valence-corrected chi connectivity index (χ3v) is 11.8. The molecule has 4 aliphatic rings. The van der Waals surface area contributed by atoms with E-state index in [-0.39, 0.29) is 54.9 Å². The van der Waals surface area contributed by atoms with Crippen LogP contribution in [-0.2, 0) is 34.5 Å². The van der Waals surface area contributed by atoms with Gasteiger partial charge in [-0.3, -0.25) is 4.79 Å². The quantitative estimate of drug-likeness (QED) is 0.184. The molecule has 3 aromatic carbocycles. The number of carbonyl (C=O) groups is 1. The highest BCUT2D eigenvalue weighted by molar-refractivity contribution is 6.42. The Morgan fingerprint density at radius 2 is 1.35 bits per heavy atom. The first-order valence-electron chi connectivity index (χ1n) is 16.0. The van der Waals surface area contributed by atoms with E-state index in [0.29, 0.717) is 35.0 Å². The van der Waals surface area contributed by atoms with Crippen LogP contribution in [0.5, 0.6) is 0 Å². The van der Waals surface area contributed by atoms with Crippen LogP contribution in [0, 0.1) is 0 Å². The number of halogens is 9. The van der Waals surface area contributed by atoms with Crippen LogP contribution in [0.3, 0.4) is 0 Å². The summed E-state index contributed by atoms with van der Waals surface area (Å²) in [6, 6.07) is 17.6. The molecule has 0 aliphatic carbocycles. The van der Waals surface area contributed by atoms with Gasteiger partial charge in [0.25, 0.3) is 0 Å². The van der Waals surface area contributed by atoms with Gasteiger partial charge < -0.3 is 21.8 Å². The van der Waals surface area contributed by atoms with Gasteiger partial charge in [0, 0.05) is 49.6 Å². The second kappa shape index (κ2) is 13.7. The van der Waals surface area contributed by atoms with Crippen molar-refractivity contribution in [1.82, 2.24) is 4.90 Å². The maximum Gasteiger partial charge on any atom is 0.416 e. The van der Waals surface area contributed by atoms with Crippen molar-refractivity contribution in [1.29, 1.82) is 0 Å². The number of nitrogens with zero attached hydrogens (tertiary/aromatic N) is 2. The number of hydrogen-bond acceptors (Lipinski definition) is 1. The normalized spacial score (nSPS) is 26.0. The molecule has 12 heteroatoms. The zero-order valence-corrected chi connectivity index (χ0v) is 28.5. The number of hydrogen-bond donors (Lipinski definition) is 0. The Balaban J connectivity index is 0.00000451. The molecule has 2 bridgehead atoms. The van der Waals surface area contributed by atoms with Crippen molar-refractivity contribution in [2.45, 2.75) is 74.7 Å². The molecule has 3 nitrogen and oxygen atoms in total. The summed E-state index contributed by atoms with van der Waals surface area (Å²) >= 11 is 12.7. The van der Waals surface area contributed by atoms with Crippen molar-refractivity contribution in [3.05, 3.63) is 105 Å². The molecule has 4 fully saturated rings. The zero-order valence-electron chi connectivity index (χ0n) is 26.2. The van der Waals surface area contributed by atoms with Gasteiger partial charge in [-0.15, -0.1) is 0 Å². The van der Waals surface area contributed by atoms with Crippen LogP contribution in [-0.4, -0.2) is 48.0 Å². The number of amides is 1. The van der Waals surface area contributed by atoms with Crippen LogP contribution >= 0.6 is 23.2 Å². The van der Waals surface area contributed by atoms with Gasteiger partial charge in [0.1, 0.15) is 0 Å². The minimum atomic E-state index is -4.97. The Morgan fingerprint density at radius 1 is 0.750 bits per heavy atom. The molecule has 4 saturated heterocycles. The van der Waals surface area contributed by atoms with E-state index in [4.69, 9.17) is 23.2 Å². The minimum Gasteiger partial charge on any atom is -1.00 e. The fraction of sp³-hybridized carbons (Fsp3) is 0.472. The van der Waals surface area contributed by atoms with Crippen LogP contribution in [0.1, 0.15) is 72.8 Å². The maximum atomic E-state index is 13.6. The molecule has 1 amide bonds. The van der Waals surface area contributed by atoms with Gasteiger partial charge in [0.2, 0.25) is 5.91 Å². The number of rotatable bonds is 8. The highest BCUT2D eigenvalue weighted by atomic mass is 35.5.